The number of nitrogens with one attached hydrogen (secondary N) is 1. The average molecular weight is 369 g/mol. The lowest BCUT2D eigenvalue weighted by molar-refractivity contribution is 0.0914. The Labute approximate surface area is 156 Å². The number of hydrogen-bond donors (Lipinski definition) is 1. The SMILES string of the molecule is Cn1nc(C(=O)NC2CCC(n3nc4c(cc3=O)CCC4)CC2)ccc1=O. The van der Waals surface area contributed by atoms with Gasteiger partial charge in [-0.2, -0.15) is 10.2 Å². The number of rotatable bonds is 3. The summed E-state index contributed by atoms with van der Waals surface area (Å²) in [5.74, 6) is -0.276. The lowest BCUT2D eigenvalue weighted by Crippen LogP contribution is -2.40. The van der Waals surface area contributed by atoms with Gasteiger partial charge in [-0.05, 0) is 56.6 Å². The monoisotopic (exact) mass is 369 g/mol. The quantitative estimate of drug-likeness (QED) is 0.860. The van der Waals surface area contributed by atoms with Crippen LogP contribution in [0.3, 0.4) is 0 Å². The van der Waals surface area contributed by atoms with Crippen molar-refractivity contribution < 1.29 is 4.79 Å². The van der Waals surface area contributed by atoms with E-state index in [0.29, 0.717) is 0 Å². The number of aryl methyl sites for hydroxylation is 3. The summed E-state index contributed by atoms with van der Waals surface area (Å²) in [6.45, 7) is 0. The molecule has 142 valence electrons. The molecule has 2 aromatic heterocycles. The summed E-state index contributed by atoms with van der Waals surface area (Å²) in [5.41, 5.74) is 2.13. The van der Waals surface area contributed by atoms with Crippen LogP contribution in [0.1, 0.15) is 59.9 Å². The van der Waals surface area contributed by atoms with E-state index in [-0.39, 0.29) is 34.8 Å². The van der Waals surface area contributed by atoms with Crippen molar-refractivity contribution in [3.63, 3.8) is 0 Å². The van der Waals surface area contributed by atoms with Crippen LogP contribution in [0, 0.1) is 0 Å². The van der Waals surface area contributed by atoms with E-state index in [1.54, 1.807) is 10.7 Å². The number of carbonyl (C=O) groups excluding carboxylic acids is 1. The van der Waals surface area contributed by atoms with Crippen LogP contribution in [-0.2, 0) is 19.9 Å². The van der Waals surface area contributed by atoms with Crippen LogP contribution < -0.4 is 16.4 Å². The molecular weight excluding hydrogens is 346 g/mol. The zero-order valence-corrected chi connectivity index (χ0v) is 15.4. The highest BCUT2D eigenvalue weighted by atomic mass is 16.2. The molecule has 8 nitrogen and oxygen atoms in total. The maximum atomic E-state index is 12.4. The fourth-order valence-electron chi connectivity index (χ4n) is 4.02. The van der Waals surface area contributed by atoms with Crippen molar-refractivity contribution >= 4 is 5.91 Å². The van der Waals surface area contributed by atoms with E-state index >= 15 is 0 Å². The summed E-state index contributed by atoms with van der Waals surface area (Å²) in [6, 6.07) is 4.65. The zero-order valence-electron chi connectivity index (χ0n) is 15.4. The van der Waals surface area contributed by atoms with Gasteiger partial charge in [-0.3, -0.25) is 14.4 Å². The normalized spacial score (nSPS) is 21.7. The predicted molar refractivity (Wildman–Crippen MR) is 98.8 cm³/mol. The molecule has 2 aromatic rings. The molecule has 0 spiro atoms. The summed E-state index contributed by atoms with van der Waals surface area (Å²) in [7, 11) is 1.52. The third kappa shape index (κ3) is 3.56. The van der Waals surface area contributed by atoms with Gasteiger partial charge in [0.1, 0.15) is 5.69 Å². The van der Waals surface area contributed by atoms with Gasteiger partial charge >= 0.3 is 0 Å². The Kier molecular flexibility index (Phi) is 4.63. The third-order valence-corrected chi connectivity index (χ3v) is 5.55. The molecule has 1 fully saturated rings. The highest BCUT2D eigenvalue weighted by molar-refractivity contribution is 5.92. The molecule has 1 N–H and O–H groups in total. The first-order valence-corrected chi connectivity index (χ1v) is 9.48. The lowest BCUT2D eigenvalue weighted by Gasteiger charge is -2.29. The molecule has 0 saturated heterocycles. The largest absolute Gasteiger partial charge is 0.348 e. The molecule has 27 heavy (non-hydrogen) atoms. The Morgan fingerprint density at radius 3 is 2.59 bits per heavy atom. The minimum absolute atomic E-state index is 0.0162. The smallest absolute Gasteiger partial charge is 0.271 e. The first kappa shape index (κ1) is 17.6. The van der Waals surface area contributed by atoms with Crippen LogP contribution >= 0.6 is 0 Å². The fraction of sp³-hybridized carbons (Fsp3) is 0.526. The second-order valence-electron chi connectivity index (χ2n) is 7.41. The summed E-state index contributed by atoms with van der Waals surface area (Å²) in [6.07, 6.45) is 6.16. The van der Waals surface area contributed by atoms with Gasteiger partial charge in [0.05, 0.1) is 11.7 Å². The number of aromatic nitrogens is 4. The second-order valence-corrected chi connectivity index (χ2v) is 7.41. The molecule has 2 aliphatic carbocycles. The summed E-state index contributed by atoms with van der Waals surface area (Å²) in [5, 5.41) is 11.6. The Bertz CT molecular complexity index is 986. The summed E-state index contributed by atoms with van der Waals surface area (Å²) >= 11 is 0. The summed E-state index contributed by atoms with van der Waals surface area (Å²) < 4.78 is 2.80. The van der Waals surface area contributed by atoms with Crippen LogP contribution in [0.15, 0.2) is 27.8 Å². The molecule has 0 aliphatic heterocycles. The first-order valence-electron chi connectivity index (χ1n) is 9.48. The van der Waals surface area contributed by atoms with Crippen LogP contribution in [0.2, 0.25) is 0 Å². The van der Waals surface area contributed by atoms with Crippen molar-refractivity contribution in [2.75, 3.05) is 0 Å². The van der Waals surface area contributed by atoms with Crippen molar-refractivity contribution in [1.29, 1.82) is 0 Å². The van der Waals surface area contributed by atoms with Crippen molar-refractivity contribution in [3.05, 3.63) is 55.9 Å². The molecule has 2 aliphatic rings. The van der Waals surface area contributed by atoms with Gasteiger partial charge < -0.3 is 5.32 Å². The number of carbonyl (C=O) groups is 1. The van der Waals surface area contributed by atoms with Gasteiger partial charge in [-0.15, -0.1) is 0 Å². The van der Waals surface area contributed by atoms with E-state index in [2.05, 4.69) is 15.5 Å². The van der Waals surface area contributed by atoms with Gasteiger partial charge in [0.25, 0.3) is 17.0 Å². The van der Waals surface area contributed by atoms with Crippen LogP contribution in [0.4, 0.5) is 0 Å². The van der Waals surface area contributed by atoms with Gasteiger partial charge in [-0.25, -0.2) is 9.36 Å². The highest BCUT2D eigenvalue weighted by Gasteiger charge is 2.26. The second kappa shape index (κ2) is 7.09. The molecule has 0 bridgehead atoms. The van der Waals surface area contributed by atoms with Crippen molar-refractivity contribution in [2.45, 2.75) is 57.0 Å². The molecule has 0 aromatic carbocycles. The van der Waals surface area contributed by atoms with E-state index in [4.69, 9.17) is 0 Å². The minimum Gasteiger partial charge on any atom is -0.348 e. The van der Waals surface area contributed by atoms with E-state index < -0.39 is 0 Å². The van der Waals surface area contributed by atoms with Crippen molar-refractivity contribution in [1.82, 2.24) is 24.9 Å². The minimum atomic E-state index is -0.276. The Hall–Kier alpha value is -2.77. The number of nitrogens with zero attached hydrogens (tertiary/aromatic N) is 4. The van der Waals surface area contributed by atoms with E-state index in [0.717, 1.165) is 60.9 Å². The van der Waals surface area contributed by atoms with E-state index in [1.807, 2.05) is 0 Å². The summed E-state index contributed by atoms with van der Waals surface area (Å²) in [4.78, 5) is 36.1. The topological polar surface area (TPSA) is 98.9 Å². The highest BCUT2D eigenvalue weighted by Crippen LogP contribution is 2.28. The zero-order chi connectivity index (χ0) is 19.0. The van der Waals surface area contributed by atoms with Crippen molar-refractivity contribution in [3.8, 4) is 0 Å². The maximum Gasteiger partial charge on any atom is 0.271 e. The Morgan fingerprint density at radius 1 is 1.07 bits per heavy atom. The number of amides is 1. The lowest BCUT2D eigenvalue weighted by atomic mass is 9.91. The molecule has 2 heterocycles. The average Bonchev–Trinajstić information content (AvgIpc) is 3.11. The van der Waals surface area contributed by atoms with Crippen molar-refractivity contribution in [2.24, 2.45) is 7.05 Å². The molecule has 1 saturated carbocycles. The standard InChI is InChI=1S/C19H23N5O3/c1-23-17(25)10-9-16(21-23)19(27)20-13-5-7-14(8-6-13)24-18(26)11-12-3-2-4-15(12)22-24/h9-11,13-14H,2-8H2,1H3,(H,20,27). The predicted octanol–water partition coefficient (Wildman–Crippen LogP) is 0.739. The molecule has 0 radical (unpaired) electrons. The Balaban J connectivity index is 1.39. The van der Waals surface area contributed by atoms with E-state index in [1.165, 1.54) is 19.2 Å². The van der Waals surface area contributed by atoms with Crippen LogP contribution in [-0.4, -0.2) is 31.5 Å². The number of hydrogen-bond acceptors (Lipinski definition) is 5. The molecule has 1 amide bonds. The molecule has 8 heteroatoms. The fourth-order valence-corrected chi connectivity index (χ4v) is 4.02. The van der Waals surface area contributed by atoms with Gasteiger partial charge in [0, 0.05) is 25.2 Å². The first-order chi connectivity index (χ1) is 13.0. The Morgan fingerprint density at radius 2 is 1.85 bits per heavy atom. The molecule has 0 unspecified atom stereocenters. The third-order valence-electron chi connectivity index (χ3n) is 5.55. The molecule has 4 rings (SSSR count). The maximum absolute atomic E-state index is 12.4. The number of fused-ring (bicyclic) bond motifs is 1. The molecular formula is C19H23N5O3. The van der Waals surface area contributed by atoms with Gasteiger partial charge in [0.15, 0.2) is 0 Å². The van der Waals surface area contributed by atoms with Gasteiger partial charge in [-0.1, -0.05) is 0 Å². The van der Waals surface area contributed by atoms with Crippen LogP contribution in [0.25, 0.3) is 0 Å². The van der Waals surface area contributed by atoms with E-state index in [9.17, 15) is 14.4 Å². The molecule has 0 atom stereocenters. The van der Waals surface area contributed by atoms with Crippen LogP contribution in [0.5, 0.6) is 0 Å². The van der Waals surface area contributed by atoms with Gasteiger partial charge in [0.2, 0.25) is 0 Å².